The normalized spacial score (nSPS) is 15.6. The van der Waals surface area contributed by atoms with E-state index in [2.05, 4.69) is 76.8 Å². The van der Waals surface area contributed by atoms with Gasteiger partial charge in [-0.25, -0.2) is 0 Å². The number of hydrogen-bond donors (Lipinski definition) is 1. The lowest BCUT2D eigenvalue weighted by molar-refractivity contribution is 0.298. The van der Waals surface area contributed by atoms with E-state index in [4.69, 9.17) is 0 Å². The van der Waals surface area contributed by atoms with E-state index >= 15 is 0 Å². The zero-order valence-corrected chi connectivity index (χ0v) is 14.0. The standard InChI is InChI=1S/C22H24N2/c1-2-7-18(8-3-1)9-6-14-24-15-12-19(13-16-24)21-17-23-22-11-5-4-10-20(21)22/h1-5,7-8,10-12,17,23H,6,9,13-16H2. The van der Waals surface area contributed by atoms with Crippen LogP contribution in [0.3, 0.4) is 0 Å². The predicted molar refractivity (Wildman–Crippen MR) is 102 cm³/mol. The number of hydrogen-bond acceptors (Lipinski definition) is 1. The number of nitrogens with one attached hydrogen (secondary N) is 1. The van der Waals surface area contributed by atoms with Crippen molar-refractivity contribution < 1.29 is 0 Å². The summed E-state index contributed by atoms with van der Waals surface area (Å²) in [7, 11) is 0. The van der Waals surface area contributed by atoms with Crippen LogP contribution in [0.1, 0.15) is 24.0 Å². The zero-order valence-electron chi connectivity index (χ0n) is 14.0. The maximum Gasteiger partial charge on any atom is 0.0460 e. The van der Waals surface area contributed by atoms with Gasteiger partial charge in [0.2, 0.25) is 0 Å². The molecular formula is C22H24N2. The monoisotopic (exact) mass is 316 g/mol. The molecule has 2 aromatic carbocycles. The minimum atomic E-state index is 1.07. The summed E-state index contributed by atoms with van der Waals surface area (Å²) in [5.74, 6) is 0. The highest BCUT2D eigenvalue weighted by molar-refractivity contribution is 5.92. The molecule has 1 N–H and O–H groups in total. The van der Waals surface area contributed by atoms with Crippen LogP contribution in [0.5, 0.6) is 0 Å². The maximum absolute atomic E-state index is 3.39. The van der Waals surface area contributed by atoms with E-state index in [9.17, 15) is 0 Å². The Bertz CT molecular complexity index is 829. The van der Waals surface area contributed by atoms with Gasteiger partial charge in [-0.05, 0) is 43.0 Å². The van der Waals surface area contributed by atoms with E-state index in [1.165, 1.54) is 53.5 Å². The summed E-state index contributed by atoms with van der Waals surface area (Å²) < 4.78 is 0. The molecule has 1 aliphatic rings. The van der Waals surface area contributed by atoms with E-state index in [1.54, 1.807) is 0 Å². The van der Waals surface area contributed by atoms with Gasteiger partial charge in [-0.2, -0.15) is 0 Å². The molecule has 0 amide bonds. The van der Waals surface area contributed by atoms with Crippen molar-refractivity contribution in [3.63, 3.8) is 0 Å². The van der Waals surface area contributed by atoms with Crippen LogP contribution in [0, 0.1) is 0 Å². The molecule has 0 aliphatic carbocycles. The first-order chi connectivity index (χ1) is 11.9. The van der Waals surface area contributed by atoms with Gasteiger partial charge in [0.15, 0.2) is 0 Å². The summed E-state index contributed by atoms with van der Waals surface area (Å²) in [6.07, 6.45) is 8.15. The highest BCUT2D eigenvalue weighted by Crippen LogP contribution is 2.29. The third-order valence-electron chi connectivity index (χ3n) is 5.01. The number of rotatable bonds is 5. The van der Waals surface area contributed by atoms with Gasteiger partial charge in [0.05, 0.1) is 0 Å². The second-order valence-corrected chi connectivity index (χ2v) is 6.62. The fourth-order valence-electron chi connectivity index (χ4n) is 3.65. The number of aromatic amines is 1. The van der Waals surface area contributed by atoms with Crippen molar-refractivity contribution in [2.24, 2.45) is 0 Å². The summed E-state index contributed by atoms with van der Waals surface area (Å²) in [5.41, 5.74) is 5.56. The Kier molecular flexibility index (Phi) is 4.48. The topological polar surface area (TPSA) is 19.0 Å². The van der Waals surface area contributed by atoms with Crippen LogP contribution < -0.4 is 0 Å². The van der Waals surface area contributed by atoms with E-state index in [-0.39, 0.29) is 0 Å². The van der Waals surface area contributed by atoms with Gasteiger partial charge in [0, 0.05) is 35.8 Å². The lowest BCUT2D eigenvalue weighted by atomic mass is 9.98. The van der Waals surface area contributed by atoms with E-state index < -0.39 is 0 Å². The Balaban J connectivity index is 1.35. The van der Waals surface area contributed by atoms with Crippen LogP contribution in [-0.4, -0.2) is 29.5 Å². The molecule has 122 valence electrons. The lowest BCUT2D eigenvalue weighted by Crippen LogP contribution is -2.29. The number of fused-ring (bicyclic) bond motifs is 1. The average molecular weight is 316 g/mol. The van der Waals surface area contributed by atoms with Gasteiger partial charge in [-0.1, -0.05) is 54.6 Å². The first-order valence-electron chi connectivity index (χ1n) is 8.92. The molecule has 2 heterocycles. The molecule has 3 aromatic rings. The van der Waals surface area contributed by atoms with Crippen LogP contribution in [0.15, 0.2) is 66.9 Å². The number of para-hydroxylation sites is 1. The molecule has 4 rings (SSSR count). The molecule has 0 fully saturated rings. The second-order valence-electron chi connectivity index (χ2n) is 6.62. The van der Waals surface area contributed by atoms with E-state index in [1.807, 2.05) is 0 Å². The van der Waals surface area contributed by atoms with Gasteiger partial charge < -0.3 is 4.98 Å². The summed E-state index contributed by atoms with van der Waals surface area (Å²) in [6, 6.07) is 19.4. The van der Waals surface area contributed by atoms with Crippen molar-refractivity contribution in [2.45, 2.75) is 19.3 Å². The van der Waals surface area contributed by atoms with Crippen LogP contribution in [0.4, 0.5) is 0 Å². The molecule has 0 radical (unpaired) electrons. The van der Waals surface area contributed by atoms with E-state index in [0.717, 1.165) is 13.0 Å². The van der Waals surface area contributed by atoms with Crippen LogP contribution in [-0.2, 0) is 6.42 Å². The number of aryl methyl sites for hydroxylation is 1. The largest absolute Gasteiger partial charge is 0.361 e. The quantitative estimate of drug-likeness (QED) is 0.710. The molecule has 0 bridgehead atoms. The lowest BCUT2D eigenvalue weighted by Gasteiger charge is -2.26. The third kappa shape index (κ3) is 3.29. The molecule has 0 saturated carbocycles. The number of aromatic nitrogens is 1. The SMILES string of the molecule is C1=C(c2c[nH]c3ccccc23)CCN(CCCc2ccccc2)C1. The minimum absolute atomic E-state index is 1.07. The number of benzene rings is 2. The highest BCUT2D eigenvalue weighted by atomic mass is 15.1. The molecule has 2 heteroatoms. The molecule has 0 atom stereocenters. The number of H-pyrrole nitrogens is 1. The van der Waals surface area contributed by atoms with Gasteiger partial charge in [0.1, 0.15) is 0 Å². The summed E-state index contributed by atoms with van der Waals surface area (Å²) >= 11 is 0. The van der Waals surface area contributed by atoms with Crippen LogP contribution in [0.2, 0.25) is 0 Å². The molecule has 0 unspecified atom stereocenters. The van der Waals surface area contributed by atoms with Crippen molar-refractivity contribution in [1.29, 1.82) is 0 Å². The van der Waals surface area contributed by atoms with Crippen molar-refractivity contribution in [3.8, 4) is 0 Å². The molecule has 1 aromatic heterocycles. The van der Waals surface area contributed by atoms with Crippen molar-refractivity contribution in [2.75, 3.05) is 19.6 Å². The first-order valence-corrected chi connectivity index (χ1v) is 8.92. The highest BCUT2D eigenvalue weighted by Gasteiger charge is 2.15. The molecule has 0 spiro atoms. The Morgan fingerprint density at radius 3 is 2.62 bits per heavy atom. The van der Waals surface area contributed by atoms with Gasteiger partial charge >= 0.3 is 0 Å². The van der Waals surface area contributed by atoms with Crippen LogP contribution >= 0.6 is 0 Å². The summed E-state index contributed by atoms with van der Waals surface area (Å²) in [5, 5.41) is 1.35. The van der Waals surface area contributed by atoms with E-state index in [0.29, 0.717) is 0 Å². The molecule has 1 aliphatic heterocycles. The summed E-state index contributed by atoms with van der Waals surface area (Å²) in [6.45, 7) is 3.43. The Morgan fingerprint density at radius 2 is 1.79 bits per heavy atom. The van der Waals surface area contributed by atoms with Crippen molar-refractivity contribution >= 4 is 16.5 Å². The number of nitrogens with zero attached hydrogens (tertiary/aromatic N) is 1. The first kappa shape index (κ1) is 15.2. The smallest absolute Gasteiger partial charge is 0.0460 e. The second kappa shape index (κ2) is 7.06. The van der Waals surface area contributed by atoms with Gasteiger partial charge in [-0.15, -0.1) is 0 Å². The Morgan fingerprint density at radius 1 is 0.958 bits per heavy atom. The maximum atomic E-state index is 3.39. The average Bonchev–Trinajstić information content (AvgIpc) is 3.07. The third-order valence-corrected chi connectivity index (χ3v) is 5.01. The molecular weight excluding hydrogens is 292 g/mol. The Hall–Kier alpha value is -2.32. The van der Waals surface area contributed by atoms with Crippen molar-refractivity contribution in [1.82, 2.24) is 9.88 Å². The van der Waals surface area contributed by atoms with Crippen LogP contribution in [0.25, 0.3) is 16.5 Å². The van der Waals surface area contributed by atoms with Gasteiger partial charge in [0.25, 0.3) is 0 Å². The fourth-order valence-corrected chi connectivity index (χ4v) is 3.65. The Labute approximate surface area is 143 Å². The van der Waals surface area contributed by atoms with Crippen molar-refractivity contribution in [3.05, 3.63) is 78.0 Å². The molecule has 2 nitrogen and oxygen atoms in total. The predicted octanol–water partition coefficient (Wildman–Crippen LogP) is 4.89. The van der Waals surface area contributed by atoms with Gasteiger partial charge in [-0.3, -0.25) is 4.90 Å². The molecule has 0 saturated heterocycles. The fraction of sp³-hybridized carbons (Fsp3) is 0.273. The molecule has 24 heavy (non-hydrogen) atoms. The summed E-state index contributed by atoms with van der Waals surface area (Å²) in [4.78, 5) is 5.97. The zero-order chi connectivity index (χ0) is 16.2. The minimum Gasteiger partial charge on any atom is -0.361 e.